The number of rotatable bonds is 2. The summed E-state index contributed by atoms with van der Waals surface area (Å²) in [4.78, 5) is 2.42. The van der Waals surface area contributed by atoms with E-state index in [0.29, 0.717) is 5.92 Å². The van der Waals surface area contributed by atoms with Crippen LogP contribution in [0, 0.1) is 0 Å². The van der Waals surface area contributed by atoms with Crippen molar-refractivity contribution in [3.8, 4) is 0 Å². The van der Waals surface area contributed by atoms with E-state index in [1.807, 2.05) is 0 Å². The lowest BCUT2D eigenvalue weighted by Crippen LogP contribution is -2.11. The Hall–Kier alpha value is -2.54. The Kier molecular flexibility index (Phi) is 3.86. The van der Waals surface area contributed by atoms with Crippen LogP contribution in [0.5, 0.6) is 0 Å². The van der Waals surface area contributed by atoms with Gasteiger partial charge < -0.3 is 4.90 Å². The van der Waals surface area contributed by atoms with Crippen molar-refractivity contribution in [2.24, 2.45) is 0 Å². The van der Waals surface area contributed by atoms with E-state index in [-0.39, 0.29) is 0 Å². The maximum atomic E-state index is 2.42. The number of hydrogen-bond acceptors (Lipinski definition) is 1. The van der Waals surface area contributed by atoms with Gasteiger partial charge in [0.1, 0.15) is 0 Å². The molecule has 0 fully saturated rings. The Morgan fingerprint density at radius 3 is 1.67 bits per heavy atom. The van der Waals surface area contributed by atoms with Crippen LogP contribution in [0.3, 0.4) is 0 Å². The summed E-state index contributed by atoms with van der Waals surface area (Å²) in [6, 6.07) is 26.6. The van der Waals surface area contributed by atoms with Crippen LogP contribution < -0.4 is 4.90 Å². The van der Waals surface area contributed by atoms with E-state index in [1.54, 1.807) is 0 Å². The van der Waals surface area contributed by atoms with Gasteiger partial charge in [0, 0.05) is 17.1 Å². The molecule has 0 atom stereocenters. The van der Waals surface area contributed by atoms with E-state index < -0.39 is 0 Å². The summed E-state index contributed by atoms with van der Waals surface area (Å²) in [6.07, 6.45) is 2.18. The first kappa shape index (κ1) is 15.0. The molecule has 24 heavy (non-hydrogen) atoms. The van der Waals surface area contributed by atoms with Gasteiger partial charge >= 0.3 is 0 Å². The molecule has 3 aromatic rings. The summed E-state index contributed by atoms with van der Waals surface area (Å²) < 4.78 is 0. The van der Waals surface area contributed by atoms with Gasteiger partial charge in [-0.15, -0.1) is 0 Å². The SMILES string of the molecule is CC(C)c1ccc(N2c3ccccc3CCc3ccccc32)cc1. The fraction of sp³-hybridized carbons (Fsp3) is 0.217. The Morgan fingerprint density at radius 1 is 0.667 bits per heavy atom. The molecule has 0 unspecified atom stereocenters. The van der Waals surface area contributed by atoms with E-state index in [0.717, 1.165) is 12.8 Å². The van der Waals surface area contributed by atoms with Crippen molar-refractivity contribution in [2.75, 3.05) is 4.90 Å². The molecular weight excluding hydrogens is 290 g/mol. The zero-order valence-corrected chi connectivity index (χ0v) is 14.4. The first-order chi connectivity index (χ1) is 11.7. The summed E-state index contributed by atoms with van der Waals surface area (Å²) in [6.45, 7) is 4.48. The predicted octanol–water partition coefficient (Wildman–Crippen LogP) is 6.38. The Labute approximate surface area is 144 Å². The molecule has 1 heterocycles. The number of benzene rings is 3. The van der Waals surface area contributed by atoms with Crippen LogP contribution in [0.25, 0.3) is 0 Å². The van der Waals surface area contributed by atoms with Gasteiger partial charge in [-0.1, -0.05) is 62.4 Å². The second kappa shape index (κ2) is 6.16. The average molecular weight is 313 g/mol. The highest BCUT2D eigenvalue weighted by Crippen LogP contribution is 2.41. The van der Waals surface area contributed by atoms with E-state index in [9.17, 15) is 0 Å². The van der Waals surface area contributed by atoms with Crippen molar-refractivity contribution >= 4 is 17.1 Å². The molecule has 1 nitrogen and oxygen atoms in total. The fourth-order valence-corrected chi connectivity index (χ4v) is 3.57. The molecule has 1 aliphatic heterocycles. The van der Waals surface area contributed by atoms with Crippen LogP contribution >= 0.6 is 0 Å². The minimum absolute atomic E-state index is 0.558. The highest BCUT2D eigenvalue weighted by atomic mass is 15.1. The molecule has 0 saturated carbocycles. The fourth-order valence-electron chi connectivity index (χ4n) is 3.57. The summed E-state index contributed by atoms with van der Waals surface area (Å²) >= 11 is 0. The predicted molar refractivity (Wildman–Crippen MR) is 103 cm³/mol. The van der Waals surface area contributed by atoms with Gasteiger partial charge in [-0.25, -0.2) is 0 Å². The van der Waals surface area contributed by atoms with Crippen LogP contribution in [0.15, 0.2) is 72.8 Å². The Bertz CT molecular complexity index is 798. The molecule has 0 N–H and O–H groups in total. The molecule has 0 aromatic heterocycles. The third kappa shape index (κ3) is 2.60. The summed E-state index contributed by atoms with van der Waals surface area (Å²) in [5.74, 6) is 0.558. The first-order valence-electron chi connectivity index (χ1n) is 8.80. The quantitative estimate of drug-likeness (QED) is 0.530. The minimum atomic E-state index is 0.558. The summed E-state index contributed by atoms with van der Waals surface area (Å²) in [7, 11) is 0. The van der Waals surface area contributed by atoms with Gasteiger partial charge in [0.2, 0.25) is 0 Å². The molecule has 1 aliphatic rings. The van der Waals surface area contributed by atoms with Crippen molar-refractivity contribution in [2.45, 2.75) is 32.6 Å². The Balaban J connectivity index is 1.89. The maximum absolute atomic E-state index is 2.42. The highest BCUT2D eigenvalue weighted by molar-refractivity contribution is 5.81. The molecule has 0 amide bonds. The molecule has 4 rings (SSSR count). The van der Waals surface area contributed by atoms with Crippen LogP contribution in [0.2, 0.25) is 0 Å². The molecule has 0 spiro atoms. The van der Waals surface area contributed by atoms with Crippen molar-refractivity contribution in [1.82, 2.24) is 0 Å². The van der Waals surface area contributed by atoms with E-state index >= 15 is 0 Å². The third-order valence-corrected chi connectivity index (χ3v) is 4.95. The van der Waals surface area contributed by atoms with Gasteiger partial charge in [-0.2, -0.15) is 0 Å². The van der Waals surface area contributed by atoms with E-state index in [4.69, 9.17) is 0 Å². The molecule has 120 valence electrons. The van der Waals surface area contributed by atoms with Crippen molar-refractivity contribution in [3.63, 3.8) is 0 Å². The number of aryl methyl sites for hydroxylation is 2. The molecule has 0 radical (unpaired) electrons. The molecule has 1 heteroatoms. The number of para-hydroxylation sites is 2. The number of nitrogens with zero attached hydrogens (tertiary/aromatic N) is 1. The first-order valence-corrected chi connectivity index (χ1v) is 8.80. The average Bonchev–Trinajstić information content (AvgIpc) is 2.79. The van der Waals surface area contributed by atoms with Crippen molar-refractivity contribution < 1.29 is 0 Å². The standard InChI is InChI=1S/C23H23N/c1-17(2)18-13-15-21(16-14-18)24-22-9-5-3-7-19(22)11-12-20-8-4-6-10-23(20)24/h3-10,13-17H,11-12H2,1-2H3. The Morgan fingerprint density at radius 2 is 1.17 bits per heavy atom. The van der Waals surface area contributed by atoms with Gasteiger partial charge in [-0.05, 0) is 59.7 Å². The molecule has 3 aromatic carbocycles. The molecule has 0 saturated heterocycles. The lowest BCUT2D eigenvalue weighted by molar-refractivity contribution is 0.866. The minimum Gasteiger partial charge on any atom is -0.310 e. The van der Waals surface area contributed by atoms with Crippen molar-refractivity contribution in [1.29, 1.82) is 0 Å². The second-order valence-corrected chi connectivity index (χ2v) is 6.84. The van der Waals surface area contributed by atoms with Crippen LogP contribution in [-0.2, 0) is 12.8 Å². The zero-order valence-electron chi connectivity index (χ0n) is 14.4. The molecule has 0 aliphatic carbocycles. The smallest absolute Gasteiger partial charge is 0.0493 e. The second-order valence-electron chi connectivity index (χ2n) is 6.84. The number of anilines is 3. The van der Waals surface area contributed by atoms with Gasteiger partial charge in [0.05, 0.1) is 0 Å². The normalized spacial score (nSPS) is 13.4. The van der Waals surface area contributed by atoms with Gasteiger partial charge in [0.15, 0.2) is 0 Å². The van der Waals surface area contributed by atoms with Crippen LogP contribution in [0.4, 0.5) is 17.1 Å². The molecular formula is C23H23N. The van der Waals surface area contributed by atoms with E-state index in [1.165, 1.54) is 33.8 Å². The lowest BCUT2D eigenvalue weighted by atomic mass is 10.0. The van der Waals surface area contributed by atoms with Crippen LogP contribution in [-0.4, -0.2) is 0 Å². The topological polar surface area (TPSA) is 3.24 Å². The van der Waals surface area contributed by atoms with E-state index in [2.05, 4.69) is 91.5 Å². The van der Waals surface area contributed by atoms with Gasteiger partial charge in [-0.3, -0.25) is 0 Å². The zero-order chi connectivity index (χ0) is 16.5. The summed E-state index contributed by atoms with van der Waals surface area (Å²) in [5.41, 5.74) is 8.07. The number of fused-ring (bicyclic) bond motifs is 2. The van der Waals surface area contributed by atoms with Gasteiger partial charge in [0.25, 0.3) is 0 Å². The monoisotopic (exact) mass is 313 g/mol. The van der Waals surface area contributed by atoms with Crippen LogP contribution in [0.1, 0.15) is 36.5 Å². The lowest BCUT2D eigenvalue weighted by Gasteiger charge is -2.27. The number of hydrogen-bond donors (Lipinski definition) is 0. The largest absolute Gasteiger partial charge is 0.310 e. The summed E-state index contributed by atoms with van der Waals surface area (Å²) in [5, 5.41) is 0. The maximum Gasteiger partial charge on any atom is 0.0493 e. The third-order valence-electron chi connectivity index (χ3n) is 4.95. The van der Waals surface area contributed by atoms with Crippen molar-refractivity contribution in [3.05, 3.63) is 89.5 Å². The molecule has 0 bridgehead atoms. The highest BCUT2D eigenvalue weighted by Gasteiger charge is 2.21.